The van der Waals surface area contributed by atoms with Gasteiger partial charge in [0.2, 0.25) is 0 Å². The lowest BCUT2D eigenvalue weighted by Gasteiger charge is -2.36. The van der Waals surface area contributed by atoms with Crippen molar-refractivity contribution >= 4 is 11.7 Å². The van der Waals surface area contributed by atoms with E-state index < -0.39 is 0 Å². The van der Waals surface area contributed by atoms with E-state index in [0.29, 0.717) is 29.8 Å². The average Bonchev–Trinajstić information content (AvgIpc) is 2.89. The van der Waals surface area contributed by atoms with Crippen LogP contribution in [0.3, 0.4) is 0 Å². The zero-order chi connectivity index (χ0) is 16.8. The van der Waals surface area contributed by atoms with Gasteiger partial charge in [-0.1, -0.05) is 30.3 Å². The number of morpholine rings is 1. The van der Waals surface area contributed by atoms with Gasteiger partial charge in [0.1, 0.15) is 0 Å². The molecule has 1 heterocycles. The Morgan fingerprint density at radius 3 is 2.54 bits per heavy atom. The molecule has 0 N–H and O–H groups in total. The fourth-order valence-corrected chi connectivity index (χ4v) is 3.51. The minimum Gasteiger partial charge on any atom is -0.375 e. The predicted molar refractivity (Wildman–Crippen MR) is 91.2 cm³/mol. The summed E-state index contributed by atoms with van der Waals surface area (Å²) in [5.41, 5.74) is 3.76. The van der Waals surface area contributed by atoms with E-state index in [1.54, 1.807) is 6.07 Å². The van der Waals surface area contributed by atoms with E-state index in [9.17, 15) is 9.59 Å². The molecule has 2 unspecified atom stereocenters. The summed E-state index contributed by atoms with van der Waals surface area (Å²) >= 11 is 0. The van der Waals surface area contributed by atoms with Crippen LogP contribution in [0.15, 0.2) is 42.5 Å². The summed E-state index contributed by atoms with van der Waals surface area (Å²) in [4.78, 5) is 27.3. The molecule has 2 atom stereocenters. The maximum atomic E-state index is 12.9. The SMILES string of the molecule is CC1CN(C(=O)c2ccc3c(c2)C(=O)c2ccccc2-3)C(C)CO1. The highest BCUT2D eigenvalue weighted by atomic mass is 16.5. The molecule has 24 heavy (non-hydrogen) atoms. The number of ether oxygens (including phenoxy) is 1. The smallest absolute Gasteiger partial charge is 0.254 e. The van der Waals surface area contributed by atoms with Gasteiger partial charge in [-0.3, -0.25) is 9.59 Å². The molecule has 1 saturated heterocycles. The number of hydrogen-bond acceptors (Lipinski definition) is 3. The van der Waals surface area contributed by atoms with Crippen molar-refractivity contribution in [3.63, 3.8) is 0 Å². The second kappa shape index (κ2) is 5.56. The Morgan fingerprint density at radius 2 is 1.75 bits per heavy atom. The van der Waals surface area contributed by atoms with Crippen LogP contribution in [0, 0.1) is 0 Å². The van der Waals surface area contributed by atoms with Gasteiger partial charge in [-0.25, -0.2) is 0 Å². The third-order valence-corrected chi connectivity index (χ3v) is 4.84. The van der Waals surface area contributed by atoms with Crippen LogP contribution in [-0.4, -0.2) is 41.9 Å². The Balaban J connectivity index is 1.70. The van der Waals surface area contributed by atoms with Gasteiger partial charge in [0.15, 0.2) is 5.78 Å². The highest BCUT2D eigenvalue weighted by Gasteiger charge is 2.31. The molecule has 4 heteroatoms. The topological polar surface area (TPSA) is 46.6 Å². The normalized spacial score (nSPS) is 22.2. The van der Waals surface area contributed by atoms with Crippen LogP contribution in [0.1, 0.15) is 40.1 Å². The Kier molecular flexibility index (Phi) is 3.50. The first kappa shape index (κ1) is 15.1. The number of nitrogens with zero attached hydrogens (tertiary/aromatic N) is 1. The number of carbonyl (C=O) groups is 2. The largest absolute Gasteiger partial charge is 0.375 e. The minimum absolute atomic E-state index is 0.00126. The summed E-state index contributed by atoms with van der Waals surface area (Å²) in [7, 11) is 0. The molecule has 1 amide bonds. The zero-order valence-corrected chi connectivity index (χ0v) is 13.8. The quantitative estimate of drug-likeness (QED) is 0.692. The summed E-state index contributed by atoms with van der Waals surface area (Å²) in [5.74, 6) is -0.0390. The fourth-order valence-electron chi connectivity index (χ4n) is 3.51. The summed E-state index contributed by atoms with van der Waals surface area (Å²) in [6.07, 6.45) is 0.0328. The first-order valence-corrected chi connectivity index (χ1v) is 8.27. The van der Waals surface area contributed by atoms with E-state index in [0.717, 1.165) is 11.1 Å². The molecule has 0 saturated carbocycles. The van der Waals surface area contributed by atoms with Gasteiger partial charge >= 0.3 is 0 Å². The Hall–Kier alpha value is -2.46. The summed E-state index contributed by atoms with van der Waals surface area (Å²) in [5, 5.41) is 0. The van der Waals surface area contributed by atoms with Gasteiger partial charge in [0.05, 0.1) is 18.8 Å². The van der Waals surface area contributed by atoms with Crippen LogP contribution in [-0.2, 0) is 4.74 Å². The van der Waals surface area contributed by atoms with Crippen molar-refractivity contribution in [2.75, 3.05) is 13.2 Å². The van der Waals surface area contributed by atoms with Crippen molar-refractivity contribution in [2.24, 2.45) is 0 Å². The molecule has 2 aliphatic rings. The number of carbonyl (C=O) groups excluding carboxylic acids is 2. The molecule has 1 fully saturated rings. The molecule has 0 aromatic heterocycles. The van der Waals surface area contributed by atoms with Crippen molar-refractivity contribution in [2.45, 2.75) is 26.0 Å². The number of rotatable bonds is 1. The molecule has 0 spiro atoms. The van der Waals surface area contributed by atoms with Crippen LogP contribution in [0.2, 0.25) is 0 Å². The second-order valence-electron chi connectivity index (χ2n) is 6.59. The van der Waals surface area contributed by atoms with Crippen LogP contribution < -0.4 is 0 Å². The summed E-state index contributed by atoms with van der Waals surface area (Å²) in [6.45, 7) is 5.07. The average molecular weight is 321 g/mol. The third kappa shape index (κ3) is 2.26. The Morgan fingerprint density at radius 1 is 1.04 bits per heavy atom. The monoisotopic (exact) mass is 321 g/mol. The van der Waals surface area contributed by atoms with E-state index in [-0.39, 0.29) is 23.8 Å². The first-order chi connectivity index (χ1) is 11.6. The highest BCUT2D eigenvalue weighted by Crippen LogP contribution is 2.37. The lowest BCUT2D eigenvalue weighted by atomic mass is 10.0. The maximum Gasteiger partial charge on any atom is 0.254 e. The van der Waals surface area contributed by atoms with Gasteiger partial charge in [-0.05, 0) is 37.1 Å². The predicted octanol–water partition coefficient (Wildman–Crippen LogP) is 3.15. The molecular formula is C20H19NO3. The van der Waals surface area contributed by atoms with Gasteiger partial charge in [-0.15, -0.1) is 0 Å². The number of ketones is 1. The molecule has 0 radical (unpaired) electrons. The van der Waals surface area contributed by atoms with Crippen molar-refractivity contribution < 1.29 is 14.3 Å². The van der Waals surface area contributed by atoms with E-state index >= 15 is 0 Å². The van der Waals surface area contributed by atoms with E-state index in [1.165, 1.54) is 0 Å². The van der Waals surface area contributed by atoms with E-state index in [2.05, 4.69) is 0 Å². The second-order valence-corrected chi connectivity index (χ2v) is 6.59. The van der Waals surface area contributed by atoms with Crippen molar-refractivity contribution in [3.05, 3.63) is 59.2 Å². The lowest BCUT2D eigenvalue weighted by Crippen LogP contribution is -2.50. The minimum atomic E-state index is -0.0378. The molecule has 122 valence electrons. The van der Waals surface area contributed by atoms with Crippen molar-refractivity contribution in [3.8, 4) is 11.1 Å². The molecule has 2 aromatic rings. The number of benzene rings is 2. The van der Waals surface area contributed by atoms with Gasteiger partial charge < -0.3 is 9.64 Å². The number of fused-ring (bicyclic) bond motifs is 3. The van der Waals surface area contributed by atoms with E-state index in [4.69, 9.17) is 4.74 Å². The Bertz CT molecular complexity index is 843. The fraction of sp³-hybridized carbons (Fsp3) is 0.300. The van der Waals surface area contributed by atoms with Crippen LogP contribution in [0.5, 0.6) is 0 Å². The van der Waals surface area contributed by atoms with Crippen molar-refractivity contribution in [1.82, 2.24) is 4.90 Å². The van der Waals surface area contributed by atoms with Crippen LogP contribution in [0.25, 0.3) is 11.1 Å². The standard InChI is InChI=1S/C20H19NO3/c1-12-11-24-13(2)10-21(12)20(23)14-7-8-16-15-5-3-4-6-17(15)19(22)18(16)9-14/h3-9,12-13H,10-11H2,1-2H3. The summed E-state index contributed by atoms with van der Waals surface area (Å²) in [6, 6.07) is 13.1. The Labute approximate surface area is 141 Å². The third-order valence-electron chi connectivity index (χ3n) is 4.84. The number of amides is 1. The molecule has 0 bridgehead atoms. The summed E-state index contributed by atoms with van der Waals surface area (Å²) < 4.78 is 5.59. The zero-order valence-electron chi connectivity index (χ0n) is 13.8. The maximum absolute atomic E-state index is 12.9. The number of hydrogen-bond donors (Lipinski definition) is 0. The van der Waals surface area contributed by atoms with Gasteiger partial charge in [0, 0.05) is 23.2 Å². The molecular weight excluding hydrogens is 302 g/mol. The first-order valence-electron chi connectivity index (χ1n) is 8.27. The van der Waals surface area contributed by atoms with Gasteiger partial charge in [0.25, 0.3) is 5.91 Å². The molecule has 4 rings (SSSR count). The van der Waals surface area contributed by atoms with Crippen molar-refractivity contribution in [1.29, 1.82) is 0 Å². The molecule has 1 aliphatic heterocycles. The van der Waals surface area contributed by atoms with Crippen LogP contribution in [0.4, 0.5) is 0 Å². The van der Waals surface area contributed by atoms with Crippen LogP contribution >= 0.6 is 0 Å². The molecule has 2 aromatic carbocycles. The van der Waals surface area contributed by atoms with Gasteiger partial charge in [-0.2, -0.15) is 0 Å². The molecule has 4 nitrogen and oxygen atoms in total. The van der Waals surface area contributed by atoms with E-state index in [1.807, 2.05) is 55.1 Å². The highest BCUT2D eigenvalue weighted by molar-refractivity contribution is 6.22. The molecule has 1 aliphatic carbocycles. The lowest BCUT2D eigenvalue weighted by molar-refractivity contribution is -0.0387.